The van der Waals surface area contributed by atoms with E-state index in [1.54, 1.807) is 12.3 Å². The Kier molecular flexibility index (Phi) is 2.86. The minimum absolute atomic E-state index is 0.241. The number of hydrogen-bond donors (Lipinski definition) is 2. The van der Waals surface area contributed by atoms with Gasteiger partial charge in [0, 0.05) is 11.6 Å². The molecule has 1 aromatic carbocycles. The SMILES string of the molecule is O=C(NN=Cc1ccc[nH]1)c1cc2ccccc2o1. The summed E-state index contributed by atoms with van der Waals surface area (Å²) in [5.74, 6) is -0.135. The lowest BCUT2D eigenvalue weighted by atomic mass is 10.2. The van der Waals surface area contributed by atoms with Crippen LogP contribution in [0.15, 0.2) is 58.2 Å². The first kappa shape index (κ1) is 11.3. The average molecular weight is 253 g/mol. The fourth-order valence-corrected chi connectivity index (χ4v) is 1.73. The fraction of sp³-hybridized carbons (Fsp3) is 0. The Morgan fingerprint density at radius 3 is 2.95 bits per heavy atom. The standard InChI is InChI=1S/C14H11N3O2/c18-14(17-16-9-11-5-3-7-15-11)13-8-10-4-1-2-6-12(10)19-13/h1-9,15H,(H,17,18). The molecule has 2 aromatic heterocycles. The molecule has 3 aromatic rings. The molecule has 0 aliphatic carbocycles. The van der Waals surface area contributed by atoms with Crippen molar-refractivity contribution in [2.75, 3.05) is 0 Å². The molecule has 2 N–H and O–H groups in total. The number of para-hydroxylation sites is 1. The summed E-state index contributed by atoms with van der Waals surface area (Å²) in [7, 11) is 0. The first-order valence-corrected chi connectivity index (χ1v) is 5.78. The van der Waals surface area contributed by atoms with Crippen LogP contribution < -0.4 is 5.43 Å². The maximum Gasteiger partial charge on any atom is 0.307 e. The van der Waals surface area contributed by atoms with Crippen molar-refractivity contribution in [2.24, 2.45) is 5.10 Å². The number of fused-ring (bicyclic) bond motifs is 1. The molecule has 94 valence electrons. The first-order valence-electron chi connectivity index (χ1n) is 5.78. The zero-order valence-electron chi connectivity index (χ0n) is 9.96. The Bertz CT molecular complexity index is 693. The van der Waals surface area contributed by atoms with Gasteiger partial charge in [0.1, 0.15) is 5.58 Å². The Hall–Kier alpha value is -2.82. The highest BCUT2D eigenvalue weighted by atomic mass is 16.3. The van der Waals surface area contributed by atoms with Gasteiger partial charge in [-0.25, -0.2) is 5.43 Å². The number of carbonyl (C=O) groups excluding carboxylic acids is 1. The number of H-pyrrole nitrogens is 1. The van der Waals surface area contributed by atoms with Crippen molar-refractivity contribution in [1.82, 2.24) is 10.4 Å². The van der Waals surface area contributed by atoms with Crippen molar-refractivity contribution < 1.29 is 9.21 Å². The predicted molar refractivity (Wildman–Crippen MR) is 72.1 cm³/mol. The second kappa shape index (κ2) is 4.81. The molecule has 0 spiro atoms. The number of aromatic nitrogens is 1. The van der Waals surface area contributed by atoms with Crippen molar-refractivity contribution in [1.29, 1.82) is 0 Å². The van der Waals surface area contributed by atoms with E-state index in [0.717, 1.165) is 11.1 Å². The van der Waals surface area contributed by atoms with E-state index in [9.17, 15) is 4.79 Å². The number of amides is 1. The normalized spacial score (nSPS) is 11.2. The number of benzene rings is 1. The molecule has 2 heterocycles. The van der Waals surface area contributed by atoms with Crippen LogP contribution in [0.25, 0.3) is 11.0 Å². The van der Waals surface area contributed by atoms with Crippen LogP contribution in [0.4, 0.5) is 0 Å². The molecule has 0 fully saturated rings. The van der Waals surface area contributed by atoms with E-state index < -0.39 is 0 Å². The number of hydrazone groups is 1. The third-order valence-electron chi connectivity index (χ3n) is 2.64. The van der Waals surface area contributed by atoms with E-state index in [0.29, 0.717) is 5.58 Å². The molecule has 0 atom stereocenters. The van der Waals surface area contributed by atoms with Crippen molar-refractivity contribution in [3.05, 3.63) is 60.1 Å². The van der Waals surface area contributed by atoms with E-state index >= 15 is 0 Å². The third-order valence-corrected chi connectivity index (χ3v) is 2.64. The molecule has 0 aliphatic heterocycles. The number of furan rings is 1. The minimum atomic E-state index is -0.376. The number of aromatic amines is 1. The van der Waals surface area contributed by atoms with Crippen molar-refractivity contribution in [3.63, 3.8) is 0 Å². The van der Waals surface area contributed by atoms with Gasteiger partial charge >= 0.3 is 5.91 Å². The summed E-state index contributed by atoms with van der Waals surface area (Å²) in [6.07, 6.45) is 3.31. The van der Waals surface area contributed by atoms with Crippen LogP contribution in [0, 0.1) is 0 Å². The van der Waals surface area contributed by atoms with Crippen LogP contribution in [0.5, 0.6) is 0 Å². The zero-order chi connectivity index (χ0) is 13.1. The molecular formula is C14H11N3O2. The second-order valence-electron chi connectivity index (χ2n) is 3.97. The molecule has 0 saturated carbocycles. The van der Waals surface area contributed by atoms with Crippen LogP contribution in [-0.2, 0) is 0 Å². The van der Waals surface area contributed by atoms with Crippen LogP contribution in [0.1, 0.15) is 16.2 Å². The number of nitrogens with one attached hydrogen (secondary N) is 2. The van der Waals surface area contributed by atoms with Gasteiger partial charge in [-0.1, -0.05) is 18.2 Å². The molecular weight excluding hydrogens is 242 g/mol. The van der Waals surface area contributed by atoms with Gasteiger partial charge in [0.05, 0.1) is 11.9 Å². The summed E-state index contributed by atoms with van der Waals surface area (Å²) in [5, 5.41) is 4.73. The van der Waals surface area contributed by atoms with Crippen molar-refractivity contribution in [2.45, 2.75) is 0 Å². The number of carbonyl (C=O) groups is 1. The Balaban J connectivity index is 1.73. The Morgan fingerprint density at radius 2 is 2.16 bits per heavy atom. The van der Waals surface area contributed by atoms with Crippen molar-refractivity contribution >= 4 is 23.1 Å². The van der Waals surface area contributed by atoms with Gasteiger partial charge in [-0.15, -0.1) is 0 Å². The van der Waals surface area contributed by atoms with Gasteiger partial charge < -0.3 is 9.40 Å². The van der Waals surface area contributed by atoms with Gasteiger partial charge in [-0.2, -0.15) is 5.10 Å². The third kappa shape index (κ3) is 2.40. The largest absolute Gasteiger partial charge is 0.451 e. The molecule has 0 saturated heterocycles. The summed E-state index contributed by atoms with van der Waals surface area (Å²) in [4.78, 5) is 14.8. The lowest BCUT2D eigenvalue weighted by Gasteiger charge is -1.93. The van der Waals surface area contributed by atoms with Crippen LogP contribution in [0.3, 0.4) is 0 Å². The molecule has 0 aliphatic rings. The quantitative estimate of drug-likeness (QED) is 0.556. The minimum Gasteiger partial charge on any atom is -0.451 e. The topological polar surface area (TPSA) is 70.4 Å². The van der Waals surface area contributed by atoms with Gasteiger partial charge in [-0.05, 0) is 24.3 Å². The van der Waals surface area contributed by atoms with Crippen molar-refractivity contribution in [3.8, 4) is 0 Å². The lowest BCUT2D eigenvalue weighted by Crippen LogP contribution is -2.16. The highest BCUT2D eigenvalue weighted by Gasteiger charge is 2.10. The summed E-state index contributed by atoms with van der Waals surface area (Å²) in [6, 6.07) is 12.8. The van der Waals surface area contributed by atoms with Crippen LogP contribution >= 0.6 is 0 Å². The van der Waals surface area contributed by atoms with E-state index in [4.69, 9.17) is 4.42 Å². The zero-order valence-corrected chi connectivity index (χ0v) is 9.96. The smallest absolute Gasteiger partial charge is 0.307 e. The van der Waals surface area contributed by atoms with Gasteiger partial charge in [-0.3, -0.25) is 4.79 Å². The number of nitrogens with zero attached hydrogens (tertiary/aromatic N) is 1. The molecule has 0 radical (unpaired) electrons. The summed E-state index contributed by atoms with van der Waals surface area (Å²) < 4.78 is 5.42. The molecule has 3 rings (SSSR count). The summed E-state index contributed by atoms with van der Waals surface area (Å²) >= 11 is 0. The molecule has 5 heteroatoms. The molecule has 0 bridgehead atoms. The Morgan fingerprint density at radius 1 is 1.26 bits per heavy atom. The first-order chi connectivity index (χ1) is 9.33. The van der Waals surface area contributed by atoms with Crippen LogP contribution in [-0.4, -0.2) is 17.1 Å². The molecule has 0 unspecified atom stereocenters. The Labute approximate surface area is 108 Å². The van der Waals surface area contributed by atoms with E-state index in [1.807, 2.05) is 36.4 Å². The molecule has 1 amide bonds. The number of hydrogen-bond acceptors (Lipinski definition) is 3. The van der Waals surface area contributed by atoms with Gasteiger partial charge in [0.15, 0.2) is 5.76 Å². The average Bonchev–Trinajstić information content (AvgIpc) is 3.07. The highest BCUT2D eigenvalue weighted by Crippen LogP contribution is 2.18. The van der Waals surface area contributed by atoms with E-state index in [1.165, 1.54) is 6.21 Å². The maximum atomic E-state index is 11.8. The second-order valence-corrected chi connectivity index (χ2v) is 3.97. The number of rotatable bonds is 3. The molecule has 5 nitrogen and oxygen atoms in total. The monoisotopic (exact) mass is 253 g/mol. The lowest BCUT2D eigenvalue weighted by molar-refractivity contribution is 0.0929. The van der Waals surface area contributed by atoms with Gasteiger partial charge in [0.2, 0.25) is 0 Å². The van der Waals surface area contributed by atoms with E-state index in [-0.39, 0.29) is 11.7 Å². The maximum absolute atomic E-state index is 11.8. The summed E-state index contributed by atoms with van der Waals surface area (Å²) in [6.45, 7) is 0. The fourth-order valence-electron chi connectivity index (χ4n) is 1.73. The highest BCUT2D eigenvalue weighted by molar-refractivity contribution is 5.96. The predicted octanol–water partition coefficient (Wildman–Crippen LogP) is 2.52. The van der Waals surface area contributed by atoms with Gasteiger partial charge in [0.25, 0.3) is 0 Å². The van der Waals surface area contributed by atoms with Crippen LogP contribution in [0.2, 0.25) is 0 Å². The molecule has 19 heavy (non-hydrogen) atoms. The van der Waals surface area contributed by atoms with E-state index in [2.05, 4.69) is 15.5 Å². The summed E-state index contributed by atoms with van der Waals surface area (Å²) in [5.41, 5.74) is 3.91.